The second kappa shape index (κ2) is 21.2. The summed E-state index contributed by atoms with van der Waals surface area (Å²) in [6, 6.07) is 0. The molecular formula is C3H9NOS. The Morgan fingerprint density at radius 2 is 1.67 bits per heavy atom. The van der Waals surface area contributed by atoms with Gasteiger partial charge in [0.1, 0.15) is 0 Å². The van der Waals surface area contributed by atoms with E-state index in [-0.39, 0.29) is 11.5 Å². The van der Waals surface area contributed by atoms with E-state index in [0.717, 1.165) is 0 Å². The van der Waals surface area contributed by atoms with Crippen molar-refractivity contribution in [2.75, 3.05) is 0 Å². The Labute approximate surface area is 41.6 Å². The Bertz CT molecular complexity index is 40.1. The highest BCUT2D eigenvalue weighted by atomic mass is 32.1. The second-order valence-electron chi connectivity index (χ2n) is 0.790. The number of hydrogen-bond acceptors (Lipinski definition) is 2. The van der Waals surface area contributed by atoms with Gasteiger partial charge in [0.25, 0.3) is 0 Å². The van der Waals surface area contributed by atoms with Crippen molar-refractivity contribution in [3.05, 3.63) is 0 Å². The smallest absolute Gasteiger partial charge is 0.196 e. The van der Waals surface area contributed by atoms with Gasteiger partial charge < -0.3 is 0 Å². The van der Waals surface area contributed by atoms with Crippen LogP contribution in [0.15, 0.2) is 0 Å². The van der Waals surface area contributed by atoms with Gasteiger partial charge in [-0.3, -0.25) is 0 Å². The molecule has 1 N–H and O–H groups in total. The summed E-state index contributed by atoms with van der Waals surface area (Å²) in [5, 5.41) is 0. The van der Waals surface area contributed by atoms with E-state index >= 15 is 0 Å². The lowest BCUT2D eigenvalue weighted by molar-refractivity contribution is 0.697. The molecule has 3 heteroatoms. The summed E-state index contributed by atoms with van der Waals surface area (Å²) in [7, 11) is 0. The van der Waals surface area contributed by atoms with Crippen LogP contribution >= 0.6 is 0 Å². The molecule has 0 aliphatic carbocycles. The van der Waals surface area contributed by atoms with E-state index in [1.807, 2.05) is 0 Å². The van der Waals surface area contributed by atoms with Crippen LogP contribution in [0, 0.1) is 4.78 Å². The van der Waals surface area contributed by atoms with E-state index in [2.05, 4.69) is 13.8 Å². The van der Waals surface area contributed by atoms with Crippen molar-refractivity contribution in [1.29, 1.82) is 4.78 Å². The predicted molar refractivity (Wildman–Crippen MR) is 26.8 cm³/mol. The monoisotopic (exact) mass is 107 g/mol. The molecule has 0 aromatic carbocycles. The molecule has 0 heterocycles. The first-order valence-electron chi connectivity index (χ1n) is 1.79. The predicted octanol–water partition coefficient (Wildman–Crippen LogP) is 1.38. The molecule has 0 amide bonds. The van der Waals surface area contributed by atoms with Crippen molar-refractivity contribution >= 4 is 11.5 Å². The third-order valence-corrected chi connectivity index (χ3v) is 0. The van der Waals surface area contributed by atoms with Gasteiger partial charge in [-0.1, -0.05) is 20.3 Å². The Hall–Kier alpha value is -0.180. The zero-order chi connectivity index (χ0) is 5.41. The first-order chi connectivity index (χ1) is 2.83. The van der Waals surface area contributed by atoms with Crippen molar-refractivity contribution in [2.45, 2.75) is 20.3 Å². The minimum absolute atomic E-state index is 0.250. The van der Waals surface area contributed by atoms with Crippen LogP contribution < -0.4 is 0 Å². The highest BCUT2D eigenvalue weighted by Gasteiger charge is 1.35. The van der Waals surface area contributed by atoms with E-state index < -0.39 is 0 Å². The molecule has 38 valence electrons. The topological polar surface area (TPSA) is 40.9 Å². The standard InChI is InChI=1S/C3H8.HNOS/c2*1-3-2/h3H2,1-2H3;1H. The minimum atomic E-state index is -0.250. The molecule has 0 aliphatic heterocycles. The van der Waals surface area contributed by atoms with Gasteiger partial charge >= 0.3 is 0 Å². The van der Waals surface area contributed by atoms with Crippen LogP contribution in [0.3, 0.4) is 0 Å². The molecular weight excluding hydrogens is 98.1 g/mol. The maximum atomic E-state index is 8.51. The lowest BCUT2D eigenvalue weighted by Crippen LogP contribution is -1.27. The van der Waals surface area contributed by atoms with E-state index in [1.54, 1.807) is 0 Å². The van der Waals surface area contributed by atoms with Crippen LogP contribution in [-0.4, -0.2) is 4.21 Å². The Morgan fingerprint density at radius 3 is 1.67 bits per heavy atom. The van der Waals surface area contributed by atoms with Crippen molar-refractivity contribution in [2.24, 2.45) is 0 Å². The average molecular weight is 107 g/mol. The van der Waals surface area contributed by atoms with Crippen LogP contribution in [-0.2, 0) is 11.5 Å². The van der Waals surface area contributed by atoms with Crippen LogP contribution in [0.2, 0.25) is 0 Å². The molecule has 0 atom stereocenters. The van der Waals surface area contributed by atoms with Crippen LogP contribution in [0.25, 0.3) is 0 Å². The summed E-state index contributed by atoms with van der Waals surface area (Å²) in [5.74, 6) is 0. The van der Waals surface area contributed by atoms with Gasteiger partial charge in [0.2, 0.25) is 0 Å². The molecule has 0 saturated heterocycles. The molecule has 0 bridgehead atoms. The van der Waals surface area contributed by atoms with Crippen molar-refractivity contribution in [3.63, 3.8) is 0 Å². The van der Waals surface area contributed by atoms with Gasteiger partial charge in [-0.05, 0) is 0 Å². The Kier molecular flexibility index (Phi) is 32.8. The molecule has 0 aliphatic rings. The molecule has 0 radical (unpaired) electrons. The fourth-order valence-electron chi connectivity index (χ4n) is 0. The lowest BCUT2D eigenvalue weighted by Gasteiger charge is -1.48. The maximum absolute atomic E-state index is 8.51. The molecule has 6 heavy (non-hydrogen) atoms. The van der Waals surface area contributed by atoms with Crippen molar-refractivity contribution in [1.82, 2.24) is 0 Å². The summed E-state index contributed by atoms with van der Waals surface area (Å²) in [5.41, 5.74) is 0. The van der Waals surface area contributed by atoms with E-state index in [1.165, 1.54) is 6.42 Å². The third kappa shape index (κ3) is 938. The van der Waals surface area contributed by atoms with Gasteiger partial charge in [0, 0.05) is 0 Å². The zero-order valence-corrected chi connectivity index (χ0v) is 4.84. The van der Waals surface area contributed by atoms with Gasteiger partial charge in [0.15, 0.2) is 11.5 Å². The van der Waals surface area contributed by atoms with E-state index in [9.17, 15) is 0 Å². The lowest BCUT2D eigenvalue weighted by atomic mass is 10.6. The molecule has 0 rings (SSSR count). The number of hydrogen-bond donors (Lipinski definition) is 1. The molecule has 0 unspecified atom stereocenters. The summed E-state index contributed by atoms with van der Waals surface area (Å²) in [6.07, 6.45) is 1.25. The summed E-state index contributed by atoms with van der Waals surface area (Å²) in [6.45, 7) is 4.25. The summed E-state index contributed by atoms with van der Waals surface area (Å²) < 4.78 is 14.1. The van der Waals surface area contributed by atoms with E-state index in [4.69, 9.17) is 8.99 Å². The molecule has 0 aromatic heterocycles. The highest BCUT2D eigenvalue weighted by molar-refractivity contribution is 7.53. The molecule has 0 spiro atoms. The quantitative estimate of drug-likeness (QED) is 0.499. The van der Waals surface area contributed by atoms with Crippen LogP contribution in [0.4, 0.5) is 0 Å². The summed E-state index contributed by atoms with van der Waals surface area (Å²) >= 11 is -0.250. The number of nitrogens with one attached hydrogen (secondary N) is 1. The average Bonchev–Trinajstić information content (AvgIpc) is 1.39. The SMILES string of the molecule is CCC.N=S=O. The van der Waals surface area contributed by atoms with Crippen LogP contribution in [0.1, 0.15) is 20.3 Å². The first-order valence-corrected chi connectivity index (χ1v) is 2.53. The van der Waals surface area contributed by atoms with E-state index in [0.29, 0.717) is 0 Å². The van der Waals surface area contributed by atoms with Gasteiger partial charge in [-0.2, -0.15) is 4.21 Å². The minimum Gasteiger partial charge on any atom is -0.210 e. The zero-order valence-electron chi connectivity index (χ0n) is 4.02. The fraction of sp³-hybridized carbons (Fsp3) is 1.00. The Balaban J connectivity index is 0. The second-order valence-corrected chi connectivity index (χ2v) is 0.957. The maximum Gasteiger partial charge on any atom is 0.196 e. The number of rotatable bonds is 0. The van der Waals surface area contributed by atoms with Gasteiger partial charge in [0.05, 0.1) is 0 Å². The molecule has 0 aromatic rings. The first kappa shape index (κ1) is 9.27. The molecule has 2 nitrogen and oxygen atoms in total. The fourth-order valence-corrected chi connectivity index (χ4v) is 0. The van der Waals surface area contributed by atoms with Crippen molar-refractivity contribution in [3.8, 4) is 0 Å². The van der Waals surface area contributed by atoms with Gasteiger partial charge in [-0.15, -0.1) is 0 Å². The van der Waals surface area contributed by atoms with Gasteiger partial charge in [-0.25, -0.2) is 4.78 Å². The highest BCUT2D eigenvalue weighted by Crippen LogP contribution is 1.56. The van der Waals surface area contributed by atoms with Crippen LogP contribution in [0.5, 0.6) is 0 Å². The summed E-state index contributed by atoms with van der Waals surface area (Å²) in [4.78, 5) is 0. The van der Waals surface area contributed by atoms with Crippen molar-refractivity contribution < 1.29 is 4.21 Å². The normalized spacial score (nSPS) is 5.00. The molecule has 0 saturated carbocycles. The molecule has 0 fully saturated rings. The third-order valence-electron chi connectivity index (χ3n) is 0. The Morgan fingerprint density at radius 1 is 1.67 bits per heavy atom. The largest absolute Gasteiger partial charge is 0.210 e.